The summed E-state index contributed by atoms with van der Waals surface area (Å²) < 4.78 is 36.3. The van der Waals surface area contributed by atoms with Crippen molar-refractivity contribution in [3.8, 4) is 52.8 Å². The third-order valence-electron chi connectivity index (χ3n) is 7.39. The maximum absolute atomic E-state index is 12.0. The lowest BCUT2D eigenvalue weighted by Gasteiger charge is -2.13. The molecule has 6 aromatic rings. The number of nitrogens with zero attached hydrogens (tertiary/aromatic N) is 5. The van der Waals surface area contributed by atoms with E-state index in [4.69, 9.17) is 78.2 Å². The molecule has 0 radical (unpaired) electrons. The Hall–Kier alpha value is -6.89. The van der Waals surface area contributed by atoms with Crippen LogP contribution >= 0.6 is 34.8 Å². The van der Waals surface area contributed by atoms with E-state index in [0.717, 1.165) is 10.9 Å². The van der Waals surface area contributed by atoms with Crippen LogP contribution in [0, 0.1) is 6.92 Å². The van der Waals surface area contributed by atoms with Gasteiger partial charge in [-0.15, -0.1) is 0 Å². The lowest BCUT2D eigenvalue weighted by molar-refractivity contribution is 0.0680. The van der Waals surface area contributed by atoms with Gasteiger partial charge in [0.2, 0.25) is 23.5 Å². The largest absolute Gasteiger partial charge is 0.494 e. The van der Waals surface area contributed by atoms with E-state index in [9.17, 15) is 19.5 Å². The van der Waals surface area contributed by atoms with Crippen molar-refractivity contribution in [1.29, 1.82) is 0 Å². The van der Waals surface area contributed by atoms with Crippen LogP contribution in [0.3, 0.4) is 0 Å². The van der Waals surface area contributed by atoms with Crippen molar-refractivity contribution in [2.75, 3.05) is 35.5 Å². The smallest absolute Gasteiger partial charge is 0.343 e. The minimum absolute atomic E-state index is 0.0640. The summed E-state index contributed by atoms with van der Waals surface area (Å²) in [6.45, 7) is 1.90. The Labute approximate surface area is 349 Å². The van der Waals surface area contributed by atoms with Crippen molar-refractivity contribution in [3.05, 3.63) is 104 Å². The highest BCUT2D eigenvalue weighted by molar-refractivity contribution is 6.37. The van der Waals surface area contributed by atoms with Gasteiger partial charge < -0.3 is 48.5 Å². The molecule has 0 fully saturated rings. The van der Waals surface area contributed by atoms with E-state index < -0.39 is 17.9 Å². The first-order chi connectivity index (χ1) is 28.1. The van der Waals surface area contributed by atoms with Crippen LogP contribution in [0.25, 0.3) is 10.9 Å². The van der Waals surface area contributed by atoms with Crippen LogP contribution in [0.15, 0.2) is 66.9 Å². The van der Waals surface area contributed by atoms with E-state index in [1.165, 1.54) is 78.0 Å². The molecule has 0 aliphatic carbocycles. The Bertz CT molecular complexity index is 2390. The van der Waals surface area contributed by atoms with Crippen LogP contribution in [-0.4, -0.2) is 93.7 Å². The fraction of sp³-hybridized carbons (Fsp3) is 0.158. The van der Waals surface area contributed by atoms with Crippen LogP contribution in [0.5, 0.6) is 52.8 Å². The normalized spacial score (nSPS) is 10.2. The number of pyridine rings is 1. The zero-order chi connectivity index (χ0) is 43.4. The number of aryl methyl sites for hydroxylation is 1. The number of fused-ring (bicyclic) bond motifs is 1. The van der Waals surface area contributed by atoms with Crippen molar-refractivity contribution in [2.45, 2.75) is 6.92 Å². The third kappa shape index (κ3) is 11.4. The first kappa shape index (κ1) is 44.8. The van der Waals surface area contributed by atoms with Gasteiger partial charge in [0, 0.05) is 11.6 Å². The van der Waals surface area contributed by atoms with Gasteiger partial charge in [-0.2, -0.15) is 19.9 Å². The fourth-order valence-corrected chi connectivity index (χ4v) is 5.49. The number of hydrogen-bond acceptors (Lipinski definition) is 15. The quantitative estimate of drug-likeness (QED) is 0.105. The zero-order valence-electron chi connectivity index (χ0n) is 31.6. The molecule has 21 heteroatoms. The predicted octanol–water partition coefficient (Wildman–Crippen LogP) is 8.18. The zero-order valence-corrected chi connectivity index (χ0v) is 33.9. The van der Waals surface area contributed by atoms with Gasteiger partial charge >= 0.3 is 29.9 Å². The van der Waals surface area contributed by atoms with Crippen LogP contribution in [0.1, 0.15) is 36.6 Å². The minimum Gasteiger partial charge on any atom is -0.494 e. The number of carbonyl (C=O) groups is 3. The lowest BCUT2D eigenvalue weighted by atomic mass is 10.1. The summed E-state index contributed by atoms with van der Waals surface area (Å²) >= 11 is 17.2. The Balaban J connectivity index is 0.000000226. The van der Waals surface area contributed by atoms with E-state index in [-0.39, 0.29) is 84.5 Å². The number of aromatic nitrogens is 5. The molecular weight excluding hydrogens is 841 g/mol. The number of carboxylic acids is 3. The molecule has 308 valence electrons. The Morgan fingerprint density at radius 1 is 0.542 bits per heavy atom. The van der Waals surface area contributed by atoms with Crippen LogP contribution in [0.4, 0.5) is 0 Å². The molecule has 59 heavy (non-hydrogen) atoms. The van der Waals surface area contributed by atoms with Gasteiger partial charge in [0.05, 0.1) is 68.3 Å². The average molecular weight is 873 g/mol. The number of halogens is 3. The molecule has 3 N–H and O–H groups in total. The SMILES string of the molecule is COc1c(Cl)ccc(Cl)c1C(=O)O.COc1cc(OC)nc(Oc2cccc(Oc3nc(OC)cc(OC)n3)c2C(=O)O)n1.Cc1cnc2c(C(=O)O)c(Cl)ccc2c1. The van der Waals surface area contributed by atoms with E-state index in [1.807, 2.05) is 13.0 Å². The van der Waals surface area contributed by atoms with Gasteiger partial charge in [0.1, 0.15) is 28.2 Å². The molecule has 3 aromatic carbocycles. The molecule has 0 saturated heterocycles. The van der Waals surface area contributed by atoms with Crippen molar-refractivity contribution >= 4 is 63.6 Å². The monoisotopic (exact) mass is 871 g/mol. The molecule has 3 aromatic heterocycles. The summed E-state index contributed by atoms with van der Waals surface area (Å²) in [7, 11) is 6.97. The van der Waals surface area contributed by atoms with Crippen molar-refractivity contribution in [1.82, 2.24) is 24.9 Å². The Morgan fingerprint density at radius 2 is 0.966 bits per heavy atom. The first-order valence-corrected chi connectivity index (χ1v) is 17.5. The molecule has 0 aliphatic rings. The number of ether oxygens (including phenoxy) is 7. The topological polar surface area (TPSA) is 241 Å². The second kappa shape index (κ2) is 20.5. The number of aromatic carboxylic acids is 3. The first-order valence-electron chi connectivity index (χ1n) is 16.3. The molecule has 0 atom stereocenters. The summed E-state index contributed by atoms with van der Waals surface area (Å²) in [4.78, 5) is 53.9. The van der Waals surface area contributed by atoms with E-state index >= 15 is 0 Å². The Kier molecular flexibility index (Phi) is 15.6. The molecule has 0 unspecified atom stereocenters. The predicted molar refractivity (Wildman–Crippen MR) is 212 cm³/mol. The summed E-state index contributed by atoms with van der Waals surface area (Å²) in [5.74, 6) is -2.95. The van der Waals surface area contributed by atoms with Gasteiger partial charge in [-0.3, -0.25) is 4.98 Å². The molecule has 0 saturated carbocycles. The second-order valence-electron chi connectivity index (χ2n) is 11.2. The van der Waals surface area contributed by atoms with E-state index in [0.29, 0.717) is 5.52 Å². The molecule has 6 rings (SSSR count). The molecule has 18 nitrogen and oxygen atoms in total. The summed E-state index contributed by atoms with van der Waals surface area (Å²) in [5, 5.41) is 28.9. The number of benzene rings is 3. The van der Waals surface area contributed by atoms with Gasteiger partial charge in [-0.25, -0.2) is 14.4 Å². The minimum atomic E-state index is -1.32. The summed E-state index contributed by atoms with van der Waals surface area (Å²) in [6.07, 6.45) is 1.63. The molecule has 3 heterocycles. The number of hydrogen-bond donors (Lipinski definition) is 3. The molecular formula is C38H32Cl3N5O13. The Morgan fingerprint density at radius 3 is 1.37 bits per heavy atom. The van der Waals surface area contributed by atoms with Gasteiger partial charge in [0.15, 0.2) is 5.75 Å². The molecule has 0 aliphatic heterocycles. The lowest BCUT2D eigenvalue weighted by Crippen LogP contribution is -2.06. The van der Waals surface area contributed by atoms with Gasteiger partial charge in [-0.05, 0) is 48.9 Å². The van der Waals surface area contributed by atoms with Gasteiger partial charge in [-0.1, -0.05) is 46.9 Å². The maximum Gasteiger partial charge on any atom is 0.343 e. The number of carboxylic acid groups (broad SMARTS) is 3. The molecule has 0 amide bonds. The van der Waals surface area contributed by atoms with Crippen LogP contribution in [0.2, 0.25) is 15.1 Å². The van der Waals surface area contributed by atoms with Crippen molar-refractivity contribution in [3.63, 3.8) is 0 Å². The van der Waals surface area contributed by atoms with E-state index in [1.54, 1.807) is 18.3 Å². The fourth-order valence-electron chi connectivity index (χ4n) is 4.79. The number of rotatable bonds is 12. The highest BCUT2D eigenvalue weighted by Gasteiger charge is 2.23. The highest BCUT2D eigenvalue weighted by atomic mass is 35.5. The third-order valence-corrected chi connectivity index (χ3v) is 8.32. The van der Waals surface area contributed by atoms with Crippen molar-refractivity contribution in [2.24, 2.45) is 0 Å². The van der Waals surface area contributed by atoms with Crippen LogP contribution in [-0.2, 0) is 0 Å². The average Bonchev–Trinajstić information content (AvgIpc) is 3.21. The highest BCUT2D eigenvalue weighted by Crippen LogP contribution is 2.36. The van der Waals surface area contributed by atoms with Crippen LogP contribution < -0.4 is 33.2 Å². The van der Waals surface area contributed by atoms with Crippen molar-refractivity contribution < 1.29 is 62.9 Å². The summed E-state index contributed by atoms with van der Waals surface area (Å²) in [6, 6.07) is 15.0. The van der Waals surface area contributed by atoms with E-state index in [2.05, 4.69) is 24.9 Å². The number of methoxy groups -OCH3 is 5. The molecule has 0 spiro atoms. The standard InChI is InChI=1S/C19H18N4O8.C11H8ClNO2.C8H6Cl2O3/c1-26-12-8-13(27-2)21-18(20-12)30-10-6-5-7-11(16(10)17(24)25)31-19-22-14(28-3)9-15(23-19)29-4;1-6-4-7-2-3-8(12)9(11(14)15)10(7)13-5-6;1-13-7-5(10)3-2-4(9)6(7)8(11)12/h5-9H,1-4H3,(H,24,25);2-5H,1H3,(H,14,15);2-3H,1H3,(H,11,12). The second-order valence-corrected chi connectivity index (χ2v) is 12.4. The maximum atomic E-state index is 12.0. The summed E-state index contributed by atoms with van der Waals surface area (Å²) in [5.41, 5.74) is 1.06. The molecule has 0 bridgehead atoms. The van der Waals surface area contributed by atoms with Gasteiger partial charge in [0.25, 0.3) is 0 Å².